The minimum absolute atomic E-state index is 0.000602. The van der Waals surface area contributed by atoms with Gasteiger partial charge in [-0.3, -0.25) is 20.2 Å². The van der Waals surface area contributed by atoms with E-state index in [-0.39, 0.29) is 11.4 Å². The van der Waals surface area contributed by atoms with Crippen LogP contribution in [0.4, 0.5) is 27.9 Å². The number of hydrogen-bond acceptors (Lipinski definition) is 10. The molecule has 2 heterocycles. The van der Waals surface area contributed by atoms with Crippen LogP contribution in [0.15, 0.2) is 97.1 Å². The van der Waals surface area contributed by atoms with E-state index in [9.17, 15) is 20.2 Å². The molecular formula is C26H19ClN6O4S2. The van der Waals surface area contributed by atoms with Gasteiger partial charge in [-0.25, -0.2) is 9.97 Å². The number of benzene rings is 4. The first kappa shape index (κ1) is 27.4. The summed E-state index contributed by atoms with van der Waals surface area (Å²) in [6.45, 7) is 0. The van der Waals surface area contributed by atoms with Crippen molar-refractivity contribution in [1.29, 1.82) is 0 Å². The molecule has 4 aromatic carbocycles. The molecule has 2 aromatic heterocycles. The lowest BCUT2D eigenvalue weighted by Gasteiger charge is -1.99. The standard InChI is InChI=1S/C13H9N3O2S.C7H3ClN2O2S.C6H7N/c17-16(18)10-7-4-8-11-12(10)15-13(19-11)14-9-5-2-1-3-6-9;8-7-9-6-4(10(11)12)2-1-3-5(6)13-7;7-6-4-2-1-3-5-6/h1-8H,(H,14,15);1-3H;1-5H,7H2. The van der Waals surface area contributed by atoms with Crippen molar-refractivity contribution in [3.63, 3.8) is 0 Å². The minimum Gasteiger partial charge on any atom is -0.399 e. The molecule has 0 fully saturated rings. The first-order chi connectivity index (χ1) is 18.8. The molecule has 0 spiro atoms. The van der Waals surface area contributed by atoms with E-state index >= 15 is 0 Å². The Balaban J connectivity index is 0.000000152. The van der Waals surface area contributed by atoms with Gasteiger partial charge in [0.05, 0.1) is 19.2 Å². The van der Waals surface area contributed by atoms with Crippen LogP contribution in [0.5, 0.6) is 0 Å². The Bertz CT molecular complexity index is 1730. The third kappa shape index (κ3) is 7.23. The van der Waals surface area contributed by atoms with Crippen molar-refractivity contribution in [1.82, 2.24) is 9.97 Å². The largest absolute Gasteiger partial charge is 0.399 e. The number of fused-ring (bicyclic) bond motifs is 2. The molecule has 0 saturated heterocycles. The predicted octanol–water partition coefficient (Wildman–Crippen LogP) is 8.07. The highest BCUT2D eigenvalue weighted by Gasteiger charge is 2.16. The van der Waals surface area contributed by atoms with Crippen LogP contribution in [0.2, 0.25) is 4.47 Å². The van der Waals surface area contributed by atoms with E-state index in [4.69, 9.17) is 17.3 Å². The number of rotatable bonds is 4. The summed E-state index contributed by atoms with van der Waals surface area (Å²) >= 11 is 8.28. The Hall–Kier alpha value is -4.65. The summed E-state index contributed by atoms with van der Waals surface area (Å²) in [5.74, 6) is 0. The molecule has 10 nitrogen and oxygen atoms in total. The average Bonchev–Trinajstić information content (AvgIpc) is 3.51. The van der Waals surface area contributed by atoms with Gasteiger partial charge in [-0.15, -0.1) is 11.3 Å². The highest BCUT2D eigenvalue weighted by Crippen LogP contribution is 2.33. The molecule has 0 atom stereocenters. The molecule has 13 heteroatoms. The molecule has 6 aromatic rings. The van der Waals surface area contributed by atoms with E-state index in [1.165, 1.54) is 34.8 Å². The molecular weight excluding hydrogens is 560 g/mol. The molecule has 0 radical (unpaired) electrons. The van der Waals surface area contributed by atoms with E-state index in [1.54, 1.807) is 18.2 Å². The van der Waals surface area contributed by atoms with Gasteiger partial charge in [0.2, 0.25) is 0 Å². The maximum Gasteiger partial charge on any atom is 0.296 e. The van der Waals surface area contributed by atoms with Gasteiger partial charge in [0.1, 0.15) is 0 Å². The van der Waals surface area contributed by atoms with Crippen LogP contribution in [-0.2, 0) is 0 Å². The zero-order valence-corrected chi connectivity index (χ0v) is 22.3. The third-order valence-corrected chi connectivity index (χ3v) is 7.05. The molecule has 0 aliphatic rings. The Kier molecular flexibility index (Phi) is 8.94. The van der Waals surface area contributed by atoms with Crippen LogP contribution in [0.25, 0.3) is 20.4 Å². The van der Waals surface area contributed by atoms with Crippen LogP contribution in [0.3, 0.4) is 0 Å². The Morgan fingerprint density at radius 3 is 1.72 bits per heavy atom. The highest BCUT2D eigenvalue weighted by molar-refractivity contribution is 7.22. The maximum absolute atomic E-state index is 10.9. The second-order valence-corrected chi connectivity index (χ2v) is 10.3. The molecule has 0 amide bonds. The van der Waals surface area contributed by atoms with E-state index in [1.807, 2.05) is 66.7 Å². The van der Waals surface area contributed by atoms with Crippen molar-refractivity contribution in [2.45, 2.75) is 0 Å². The number of nitro benzene ring substituents is 2. The fraction of sp³-hybridized carbons (Fsp3) is 0. The molecule has 3 N–H and O–H groups in total. The maximum atomic E-state index is 10.9. The number of aromatic nitrogens is 2. The van der Waals surface area contributed by atoms with Gasteiger partial charge >= 0.3 is 0 Å². The third-order valence-electron chi connectivity index (χ3n) is 4.99. The fourth-order valence-electron chi connectivity index (χ4n) is 3.29. The number of nitrogens with zero attached hydrogens (tertiary/aromatic N) is 4. The van der Waals surface area contributed by atoms with Gasteiger partial charge in [-0.2, -0.15) is 0 Å². The molecule has 0 saturated carbocycles. The summed E-state index contributed by atoms with van der Waals surface area (Å²) in [6.07, 6.45) is 0. The van der Waals surface area contributed by atoms with E-state index in [0.717, 1.165) is 20.8 Å². The van der Waals surface area contributed by atoms with Crippen LogP contribution < -0.4 is 11.1 Å². The number of para-hydroxylation sites is 4. The molecule has 0 aliphatic carbocycles. The molecule has 196 valence electrons. The number of nitrogen functional groups attached to an aromatic ring is 1. The number of nitrogens with one attached hydrogen (secondary N) is 1. The fourth-order valence-corrected chi connectivity index (χ4v) is 5.24. The SMILES string of the molecule is Nc1ccccc1.O=[N+]([O-])c1cccc2sc(Cl)nc12.O=[N+]([O-])c1cccc2sc(Nc3ccccc3)nc12. The van der Waals surface area contributed by atoms with Crippen LogP contribution in [0, 0.1) is 20.2 Å². The number of nitro groups is 2. The monoisotopic (exact) mass is 578 g/mol. The normalized spacial score (nSPS) is 10.2. The smallest absolute Gasteiger partial charge is 0.296 e. The van der Waals surface area contributed by atoms with Crippen molar-refractivity contribution in [2.75, 3.05) is 11.1 Å². The zero-order valence-electron chi connectivity index (χ0n) is 19.9. The van der Waals surface area contributed by atoms with Crippen molar-refractivity contribution in [3.8, 4) is 0 Å². The Labute approximate surface area is 234 Å². The van der Waals surface area contributed by atoms with Crippen molar-refractivity contribution in [3.05, 3.63) is 122 Å². The van der Waals surface area contributed by atoms with Gasteiger partial charge < -0.3 is 11.1 Å². The van der Waals surface area contributed by atoms with Crippen molar-refractivity contribution >= 4 is 82.6 Å². The average molecular weight is 579 g/mol. The summed E-state index contributed by atoms with van der Waals surface area (Å²) in [6, 6.07) is 28.8. The lowest BCUT2D eigenvalue weighted by molar-refractivity contribution is -0.383. The Morgan fingerprint density at radius 2 is 1.21 bits per heavy atom. The van der Waals surface area contributed by atoms with E-state index in [0.29, 0.717) is 20.6 Å². The lowest BCUT2D eigenvalue weighted by Crippen LogP contribution is -1.90. The number of thiazole rings is 2. The first-order valence-corrected chi connectivity index (χ1v) is 13.2. The van der Waals surface area contributed by atoms with Gasteiger partial charge in [-0.05, 0) is 36.4 Å². The predicted molar refractivity (Wildman–Crippen MR) is 158 cm³/mol. The first-order valence-electron chi connectivity index (χ1n) is 11.2. The number of nitrogens with two attached hydrogens (primary N) is 1. The summed E-state index contributed by atoms with van der Waals surface area (Å²) in [5.41, 5.74) is 7.91. The second kappa shape index (κ2) is 12.7. The topological polar surface area (TPSA) is 150 Å². The van der Waals surface area contributed by atoms with Gasteiger partial charge in [0.25, 0.3) is 11.4 Å². The highest BCUT2D eigenvalue weighted by atomic mass is 35.5. The molecule has 39 heavy (non-hydrogen) atoms. The number of hydrogen-bond donors (Lipinski definition) is 2. The number of halogens is 1. The molecule has 0 aliphatic heterocycles. The minimum atomic E-state index is -0.460. The van der Waals surface area contributed by atoms with E-state index in [2.05, 4.69) is 15.3 Å². The van der Waals surface area contributed by atoms with Gasteiger partial charge in [0, 0.05) is 23.5 Å². The van der Waals surface area contributed by atoms with E-state index < -0.39 is 9.85 Å². The van der Waals surface area contributed by atoms with Gasteiger partial charge in [-0.1, -0.05) is 71.5 Å². The van der Waals surface area contributed by atoms with Crippen molar-refractivity contribution < 1.29 is 9.85 Å². The van der Waals surface area contributed by atoms with Crippen molar-refractivity contribution in [2.24, 2.45) is 0 Å². The second-order valence-electron chi connectivity index (χ2n) is 7.65. The summed E-state index contributed by atoms with van der Waals surface area (Å²) in [7, 11) is 0. The summed E-state index contributed by atoms with van der Waals surface area (Å²) in [5, 5.41) is 25.3. The molecule has 6 rings (SSSR count). The van der Waals surface area contributed by atoms with Crippen LogP contribution >= 0.6 is 34.3 Å². The van der Waals surface area contributed by atoms with Crippen LogP contribution in [-0.4, -0.2) is 19.8 Å². The van der Waals surface area contributed by atoms with Gasteiger partial charge in [0.15, 0.2) is 20.6 Å². The lowest BCUT2D eigenvalue weighted by atomic mass is 10.3. The quantitative estimate of drug-likeness (QED) is 0.121. The molecule has 0 unspecified atom stereocenters. The number of anilines is 3. The zero-order chi connectivity index (χ0) is 27.8. The van der Waals surface area contributed by atoms with Crippen LogP contribution in [0.1, 0.15) is 0 Å². The summed E-state index contributed by atoms with van der Waals surface area (Å²) < 4.78 is 1.86. The Morgan fingerprint density at radius 1 is 0.692 bits per heavy atom. The summed E-state index contributed by atoms with van der Waals surface area (Å²) in [4.78, 5) is 28.8. The molecule has 0 bridgehead atoms. The number of non-ortho nitro benzene ring substituents is 2.